The van der Waals surface area contributed by atoms with Gasteiger partial charge in [-0.3, -0.25) is 0 Å². The molecule has 6 heteroatoms. The number of rotatable bonds is 3. The fourth-order valence-electron chi connectivity index (χ4n) is 1.95. The largest absolute Gasteiger partial charge is 0.317 e. The Kier molecular flexibility index (Phi) is 3.25. The smallest absolute Gasteiger partial charge is 0.177 e. The van der Waals surface area contributed by atoms with Crippen molar-refractivity contribution in [1.82, 2.24) is 25.5 Å². The lowest BCUT2D eigenvalue weighted by Gasteiger charge is -2.24. The molecule has 1 aliphatic heterocycles. The summed E-state index contributed by atoms with van der Waals surface area (Å²) in [7, 11) is 1.69. The number of nitrogens with zero attached hydrogens (tertiary/aromatic N) is 4. The van der Waals surface area contributed by atoms with Gasteiger partial charge in [-0.05, 0) is 37.1 Å². The normalized spacial score (nSPS) is 20.4. The molecule has 0 aromatic carbocycles. The molecule has 0 amide bonds. The average Bonchev–Trinajstić information content (AvgIpc) is 2.65. The van der Waals surface area contributed by atoms with Gasteiger partial charge in [-0.15, -0.1) is 10.2 Å². The molecule has 1 aromatic heterocycles. The van der Waals surface area contributed by atoms with Gasteiger partial charge in [-0.2, -0.15) is 4.80 Å². The molecule has 0 spiro atoms. The van der Waals surface area contributed by atoms with Crippen LogP contribution in [0, 0.1) is 5.92 Å². The number of tetrazole rings is 1. The van der Waals surface area contributed by atoms with Gasteiger partial charge in [0.15, 0.2) is 5.82 Å². The Morgan fingerprint density at radius 3 is 2.87 bits per heavy atom. The molecule has 0 radical (unpaired) electrons. The summed E-state index contributed by atoms with van der Waals surface area (Å²) in [6.07, 6.45) is 1.26. The molecule has 15 heavy (non-hydrogen) atoms. The summed E-state index contributed by atoms with van der Waals surface area (Å²) in [5, 5.41) is 14.7. The topological polar surface area (TPSA) is 55.6 Å². The summed E-state index contributed by atoms with van der Waals surface area (Å²) >= 11 is 0. The summed E-state index contributed by atoms with van der Waals surface area (Å²) in [6, 6.07) is 0. The van der Waals surface area contributed by atoms with Gasteiger partial charge in [0.2, 0.25) is 0 Å². The van der Waals surface area contributed by atoms with Gasteiger partial charge in [0.25, 0.3) is 0 Å². The van der Waals surface area contributed by atoms with Crippen LogP contribution in [0.4, 0.5) is 4.39 Å². The first-order chi connectivity index (χ1) is 7.25. The monoisotopic (exact) mass is 213 g/mol. The van der Waals surface area contributed by atoms with Crippen molar-refractivity contribution in [1.29, 1.82) is 0 Å². The Morgan fingerprint density at radius 2 is 2.27 bits per heavy atom. The number of hydrogen-bond acceptors (Lipinski definition) is 4. The standard InChI is InChI=1S/C9H16FN5/c1-15-13-9(12-14-15)6-8(10)7-2-4-11-5-3-7/h7-8,11H,2-6H2,1H3. The van der Waals surface area contributed by atoms with Crippen molar-refractivity contribution < 1.29 is 4.39 Å². The minimum atomic E-state index is -0.837. The van der Waals surface area contributed by atoms with E-state index >= 15 is 0 Å². The number of piperidine rings is 1. The van der Waals surface area contributed by atoms with Crippen LogP contribution in [0.25, 0.3) is 0 Å². The van der Waals surface area contributed by atoms with Gasteiger partial charge in [0, 0.05) is 6.42 Å². The van der Waals surface area contributed by atoms with E-state index in [0.29, 0.717) is 12.2 Å². The number of halogens is 1. The van der Waals surface area contributed by atoms with Gasteiger partial charge in [-0.25, -0.2) is 4.39 Å². The zero-order chi connectivity index (χ0) is 10.7. The van der Waals surface area contributed by atoms with E-state index in [1.165, 1.54) is 4.80 Å². The van der Waals surface area contributed by atoms with Gasteiger partial charge in [0.1, 0.15) is 6.17 Å². The molecule has 1 aliphatic rings. The van der Waals surface area contributed by atoms with Crippen LogP contribution in [0.2, 0.25) is 0 Å². The van der Waals surface area contributed by atoms with Gasteiger partial charge >= 0.3 is 0 Å². The second kappa shape index (κ2) is 4.65. The Morgan fingerprint density at radius 1 is 1.53 bits per heavy atom. The molecule has 1 unspecified atom stereocenters. The predicted molar refractivity (Wildman–Crippen MR) is 53.0 cm³/mol. The summed E-state index contributed by atoms with van der Waals surface area (Å²) in [4.78, 5) is 1.37. The molecule has 1 N–H and O–H groups in total. The molecule has 1 fully saturated rings. The lowest BCUT2D eigenvalue weighted by atomic mass is 9.91. The maximum atomic E-state index is 13.8. The number of aromatic nitrogens is 4. The lowest BCUT2D eigenvalue weighted by molar-refractivity contribution is 0.184. The Bertz CT molecular complexity index is 307. The van der Waals surface area contributed by atoms with Gasteiger partial charge in [-0.1, -0.05) is 0 Å². The maximum absolute atomic E-state index is 13.8. The second-order valence-corrected chi connectivity index (χ2v) is 4.00. The maximum Gasteiger partial charge on any atom is 0.177 e. The first-order valence-electron chi connectivity index (χ1n) is 5.33. The van der Waals surface area contributed by atoms with Crippen LogP contribution in [0.5, 0.6) is 0 Å². The van der Waals surface area contributed by atoms with Crippen molar-refractivity contribution in [2.24, 2.45) is 13.0 Å². The van der Waals surface area contributed by atoms with Crippen molar-refractivity contribution in [3.63, 3.8) is 0 Å². The molecule has 1 saturated heterocycles. The van der Waals surface area contributed by atoms with E-state index in [9.17, 15) is 4.39 Å². The van der Waals surface area contributed by atoms with E-state index in [-0.39, 0.29) is 5.92 Å². The molecule has 0 bridgehead atoms. The Balaban J connectivity index is 1.88. The third kappa shape index (κ3) is 2.71. The van der Waals surface area contributed by atoms with E-state index in [2.05, 4.69) is 20.7 Å². The summed E-state index contributed by atoms with van der Waals surface area (Å²) < 4.78 is 13.8. The molecule has 2 heterocycles. The molecule has 5 nitrogen and oxygen atoms in total. The highest BCUT2D eigenvalue weighted by Gasteiger charge is 2.24. The zero-order valence-corrected chi connectivity index (χ0v) is 8.86. The van der Waals surface area contributed by atoms with Crippen LogP contribution in [-0.2, 0) is 13.5 Å². The van der Waals surface area contributed by atoms with E-state index in [1.54, 1.807) is 7.05 Å². The third-order valence-corrected chi connectivity index (χ3v) is 2.82. The highest BCUT2D eigenvalue weighted by molar-refractivity contribution is 4.86. The van der Waals surface area contributed by atoms with Crippen molar-refractivity contribution in [2.75, 3.05) is 13.1 Å². The quantitative estimate of drug-likeness (QED) is 0.773. The SMILES string of the molecule is Cn1nnc(CC(F)C2CCNCC2)n1. The zero-order valence-electron chi connectivity index (χ0n) is 8.86. The summed E-state index contributed by atoms with van der Waals surface area (Å²) in [6.45, 7) is 1.83. The summed E-state index contributed by atoms with van der Waals surface area (Å²) in [5.41, 5.74) is 0. The Hall–Kier alpha value is -1.04. The van der Waals surface area contributed by atoms with E-state index in [0.717, 1.165) is 25.9 Å². The molecule has 1 atom stereocenters. The molecule has 0 aliphatic carbocycles. The van der Waals surface area contributed by atoms with Gasteiger partial charge < -0.3 is 5.32 Å². The minimum Gasteiger partial charge on any atom is -0.317 e. The van der Waals surface area contributed by atoms with Crippen LogP contribution in [0.3, 0.4) is 0 Å². The number of alkyl halides is 1. The number of aryl methyl sites for hydroxylation is 1. The predicted octanol–water partition coefficient (Wildman–Crippen LogP) is 0.0903. The third-order valence-electron chi connectivity index (χ3n) is 2.82. The van der Waals surface area contributed by atoms with Crippen LogP contribution >= 0.6 is 0 Å². The van der Waals surface area contributed by atoms with E-state index in [4.69, 9.17) is 0 Å². The Labute approximate surface area is 88.0 Å². The number of nitrogens with one attached hydrogen (secondary N) is 1. The number of hydrogen-bond donors (Lipinski definition) is 1. The molecular weight excluding hydrogens is 197 g/mol. The minimum absolute atomic E-state index is 0.148. The molecule has 0 saturated carbocycles. The molecule has 2 rings (SSSR count). The van der Waals surface area contributed by atoms with Crippen LogP contribution in [0.1, 0.15) is 18.7 Å². The lowest BCUT2D eigenvalue weighted by Crippen LogP contribution is -2.33. The molecule has 1 aromatic rings. The van der Waals surface area contributed by atoms with Crippen LogP contribution in [0.15, 0.2) is 0 Å². The highest BCUT2D eigenvalue weighted by atomic mass is 19.1. The van der Waals surface area contributed by atoms with Crippen LogP contribution in [-0.4, -0.2) is 39.5 Å². The first-order valence-corrected chi connectivity index (χ1v) is 5.33. The second-order valence-electron chi connectivity index (χ2n) is 4.00. The highest BCUT2D eigenvalue weighted by Crippen LogP contribution is 2.21. The van der Waals surface area contributed by atoms with Crippen LogP contribution < -0.4 is 5.32 Å². The average molecular weight is 213 g/mol. The van der Waals surface area contributed by atoms with Crippen molar-refractivity contribution in [2.45, 2.75) is 25.4 Å². The van der Waals surface area contributed by atoms with Crippen molar-refractivity contribution in [3.8, 4) is 0 Å². The summed E-state index contributed by atoms with van der Waals surface area (Å²) in [5.74, 6) is 0.651. The van der Waals surface area contributed by atoms with Gasteiger partial charge in [0.05, 0.1) is 7.05 Å². The fraction of sp³-hybridized carbons (Fsp3) is 0.889. The van der Waals surface area contributed by atoms with Crippen molar-refractivity contribution >= 4 is 0 Å². The fourth-order valence-corrected chi connectivity index (χ4v) is 1.95. The van der Waals surface area contributed by atoms with Crippen molar-refractivity contribution in [3.05, 3.63) is 5.82 Å². The molecular formula is C9H16FN5. The first kappa shape index (κ1) is 10.5. The van der Waals surface area contributed by atoms with E-state index < -0.39 is 6.17 Å². The molecule has 84 valence electrons. The van der Waals surface area contributed by atoms with E-state index in [1.807, 2.05) is 0 Å².